The highest BCUT2D eigenvalue weighted by Gasteiger charge is 2.30. The highest BCUT2D eigenvalue weighted by Crippen LogP contribution is 2.43. The van der Waals surface area contributed by atoms with Crippen LogP contribution in [0.15, 0.2) is 36.5 Å². The number of allylic oxidation sites excluding steroid dienone is 5. The van der Waals surface area contributed by atoms with E-state index < -0.39 is 20.0 Å². The number of hydrogen-bond acceptors (Lipinski definition) is 6. The standard InChI is InChI=1S/C55H105N2O7P/c1-7-10-13-16-19-22-25-26-27-28-29-30-33-35-38-41-44-47-54(58)56-52(51-63-65(60,61)62-50-49-57(4,5)6)53(46-43-40-37-34-31-23-20-17-14-11-8-2)64-55(59)48-45-42-39-36-32-24-21-18-15-12-9-3/h18,21,26-27,43,46,52-53H,7-17,19-20,22-25,28-42,44-45,47-51H2,1-6H3,(H-,56,58,60,61)/p+1/b21-18-,27-26+,46-43-. The number of carbonyl (C=O) groups excluding carboxylic acids is 2. The van der Waals surface area contributed by atoms with Gasteiger partial charge in [0.05, 0.1) is 33.8 Å². The van der Waals surface area contributed by atoms with Gasteiger partial charge in [-0.05, 0) is 76.7 Å². The number of rotatable bonds is 49. The molecule has 0 aromatic heterocycles. The number of nitrogens with zero attached hydrogens (tertiary/aromatic N) is 1. The number of esters is 1. The minimum absolute atomic E-state index is 0.0391. The fraction of sp³-hybridized carbons (Fsp3) is 0.855. The zero-order valence-corrected chi connectivity index (χ0v) is 44.4. The molecule has 0 radical (unpaired) electrons. The highest BCUT2D eigenvalue weighted by atomic mass is 31.2. The molecule has 0 aromatic carbocycles. The van der Waals surface area contributed by atoms with Crippen molar-refractivity contribution in [2.24, 2.45) is 0 Å². The summed E-state index contributed by atoms with van der Waals surface area (Å²) in [6.07, 6.45) is 52.8. The number of nitrogens with one attached hydrogen (secondary N) is 1. The van der Waals surface area contributed by atoms with Gasteiger partial charge in [0.1, 0.15) is 19.3 Å². The molecule has 0 spiro atoms. The number of amides is 1. The maximum absolute atomic E-state index is 13.4. The number of ether oxygens (including phenoxy) is 1. The Morgan fingerprint density at radius 1 is 0.523 bits per heavy atom. The average Bonchev–Trinajstić information content (AvgIpc) is 3.26. The van der Waals surface area contributed by atoms with E-state index in [2.05, 4.69) is 50.4 Å². The van der Waals surface area contributed by atoms with Crippen molar-refractivity contribution in [3.05, 3.63) is 36.5 Å². The topological polar surface area (TPSA) is 111 Å². The Hall–Kier alpha value is -1.77. The highest BCUT2D eigenvalue weighted by molar-refractivity contribution is 7.47. The molecule has 0 heterocycles. The first-order valence-corrected chi connectivity index (χ1v) is 28.8. The van der Waals surface area contributed by atoms with Gasteiger partial charge in [-0.15, -0.1) is 0 Å². The number of unbranched alkanes of at least 4 members (excludes halogenated alkanes) is 29. The molecule has 0 aliphatic rings. The summed E-state index contributed by atoms with van der Waals surface area (Å²) in [5.41, 5.74) is 0. The second kappa shape index (κ2) is 46.0. The van der Waals surface area contributed by atoms with E-state index in [1.807, 2.05) is 33.3 Å². The Morgan fingerprint density at radius 2 is 0.908 bits per heavy atom. The van der Waals surface area contributed by atoms with Crippen molar-refractivity contribution in [2.75, 3.05) is 40.9 Å². The van der Waals surface area contributed by atoms with Crippen LogP contribution in [0.2, 0.25) is 0 Å². The lowest BCUT2D eigenvalue weighted by Gasteiger charge is -2.27. The first kappa shape index (κ1) is 63.2. The lowest BCUT2D eigenvalue weighted by Crippen LogP contribution is -2.47. The van der Waals surface area contributed by atoms with Crippen LogP contribution in [-0.2, 0) is 27.9 Å². The summed E-state index contributed by atoms with van der Waals surface area (Å²) in [6, 6.07) is -0.849. The molecule has 0 aromatic rings. The summed E-state index contributed by atoms with van der Waals surface area (Å²) in [6.45, 7) is 6.95. The number of phosphoric ester groups is 1. The molecule has 382 valence electrons. The van der Waals surface area contributed by atoms with E-state index in [9.17, 15) is 19.0 Å². The van der Waals surface area contributed by atoms with Crippen LogP contribution in [0, 0.1) is 0 Å². The van der Waals surface area contributed by atoms with Crippen molar-refractivity contribution in [2.45, 2.75) is 264 Å². The van der Waals surface area contributed by atoms with Crippen LogP contribution in [0.1, 0.15) is 252 Å². The van der Waals surface area contributed by atoms with Gasteiger partial charge in [0, 0.05) is 12.8 Å². The Bertz CT molecular complexity index is 1220. The predicted molar refractivity (Wildman–Crippen MR) is 277 cm³/mol. The molecule has 0 aliphatic carbocycles. The molecule has 0 aliphatic heterocycles. The summed E-state index contributed by atoms with van der Waals surface area (Å²) < 4.78 is 30.5. The number of hydrogen-bond donors (Lipinski definition) is 2. The maximum atomic E-state index is 13.4. The van der Waals surface area contributed by atoms with E-state index >= 15 is 0 Å². The van der Waals surface area contributed by atoms with Gasteiger partial charge in [0.2, 0.25) is 5.91 Å². The molecule has 3 atom stereocenters. The molecular formula is C55H106N2O7P+. The third-order valence-electron chi connectivity index (χ3n) is 12.1. The lowest BCUT2D eigenvalue weighted by atomic mass is 10.1. The Kier molecular flexibility index (Phi) is 44.7. The summed E-state index contributed by atoms with van der Waals surface area (Å²) in [4.78, 5) is 37.4. The van der Waals surface area contributed by atoms with E-state index in [-0.39, 0.29) is 31.5 Å². The van der Waals surface area contributed by atoms with Gasteiger partial charge in [-0.2, -0.15) is 0 Å². The van der Waals surface area contributed by atoms with E-state index in [0.717, 1.165) is 96.3 Å². The second-order valence-corrected chi connectivity index (χ2v) is 21.2. The van der Waals surface area contributed by atoms with Gasteiger partial charge in [-0.3, -0.25) is 18.6 Å². The summed E-state index contributed by atoms with van der Waals surface area (Å²) in [5, 5.41) is 3.04. The monoisotopic (exact) mass is 938 g/mol. The first-order valence-electron chi connectivity index (χ1n) is 27.3. The molecule has 0 saturated carbocycles. The van der Waals surface area contributed by atoms with Crippen LogP contribution in [0.3, 0.4) is 0 Å². The van der Waals surface area contributed by atoms with Gasteiger partial charge in [0.25, 0.3) is 0 Å². The van der Waals surface area contributed by atoms with Gasteiger partial charge in [-0.1, -0.05) is 199 Å². The molecule has 0 fully saturated rings. The van der Waals surface area contributed by atoms with Crippen molar-refractivity contribution in [1.82, 2.24) is 5.32 Å². The average molecular weight is 938 g/mol. The zero-order chi connectivity index (χ0) is 48.0. The number of carbonyl (C=O) groups is 2. The van der Waals surface area contributed by atoms with Gasteiger partial charge >= 0.3 is 13.8 Å². The van der Waals surface area contributed by atoms with Crippen molar-refractivity contribution in [3.63, 3.8) is 0 Å². The van der Waals surface area contributed by atoms with Crippen molar-refractivity contribution in [3.8, 4) is 0 Å². The number of quaternary nitrogens is 1. The quantitative estimate of drug-likeness (QED) is 0.0205. The molecule has 10 heteroatoms. The largest absolute Gasteiger partial charge is 0.472 e. The van der Waals surface area contributed by atoms with E-state index in [1.165, 1.54) is 122 Å². The van der Waals surface area contributed by atoms with E-state index in [1.54, 1.807) is 0 Å². The lowest BCUT2D eigenvalue weighted by molar-refractivity contribution is -0.870. The second-order valence-electron chi connectivity index (χ2n) is 19.7. The van der Waals surface area contributed by atoms with Crippen molar-refractivity contribution in [1.29, 1.82) is 0 Å². The SMILES string of the molecule is CCCC/C=C\CCCCCCCC(=O)OC(/C=C\CCCCCCCCCCC)C(COP(=O)(O)OCC[N+](C)(C)C)NC(=O)CCCCCCCCC/C=C/CCCCCCCC. The van der Waals surface area contributed by atoms with Crippen molar-refractivity contribution < 1.29 is 37.3 Å². The number of phosphoric acid groups is 1. The normalized spacial score (nSPS) is 14.1. The Morgan fingerprint density at radius 3 is 1.35 bits per heavy atom. The molecule has 0 bridgehead atoms. The molecule has 65 heavy (non-hydrogen) atoms. The molecular weight excluding hydrogens is 832 g/mol. The Balaban J connectivity index is 5.33. The third-order valence-corrected chi connectivity index (χ3v) is 13.0. The minimum Gasteiger partial charge on any atom is -0.456 e. The van der Waals surface area contributed by atoms with E-state index in [4.69, 9.17) is 13.8 Å². The third kappa shape index (κ3) is 47.1. The molecule has 1 amide bonds. The fourth-order valence-corrected chi connectivity index (χ4v) is 8.47. The molecule has 2 N–H and O–H groups in total. The summed E-state index contributed by atoms with van der Waals surface area (Å²) in [7, 11) is 1.49. The van der Waals surface area contributed by atoms with Gasteiger partial charge in [-0.25, -0.2) is 4.57 Å². The fourth-order valence-electron chi connectivity index (χ4n) is 7.74. The molecule has 0 saturated heterocycles. The smallest absolute Gasteiger partial charge is 0.456 e. The Labute approximate surface area is 402 Å². The van der Waals surface area contributed by atoms with Crippen LogP contribution in [0.25, 0.3) is 0 Å². The predicted octanol–water partition coefficient (Wildman–Crippen LogP) is 16.0. The van der Waals surface area contributed by atoms with Gasteiger partial charge in [0.15, 0.2) is 0 Å². The van der Waals surface area contributed by atoms with Crippen molar-refractivity contribution >= 4 is 19.7 Å². The summed E-state index contributed by atoms with van der Waals surface area (Å²) >= 11 is 0. The first-order chi connectivity index (χ1) is 31.4. The zero-order valence-electron chi connectivity index (χ0n) is 43.5. The minimum atomic E-state index is -4.44. The van der Waals surface area contributed by atoms with E-state index in [0.29, 0.717) is 17.4 Å². The van der Waals surface area contributed by atoms with Crippen LogP contribution in [0.4, 0.5) is 0 Å². The van der Waals surface area contributed by atoms with Crippen LogP contribution < -0.4 is 5.32 Å². The van der Waals surface area contributed by atoms with Crippen LogP contribution in [0.5, 0.6) is 0 Å². The molecule has 3 unspecified atom stereocenters. The number of likely N-dealkylation sites (N-methyl/N-ethyl adjacent to an activating group) is 1. The summed E-state index contributed by atoms with van der Waals surface area (Å²) in [5.74, 6) is -0.518. The molecule has 9 nitrogen and oxygen atoms in total. The van der Waals surface area contributed by atoms with Gasteiger partial charge < -0.3 is 19.4 Å². The maximum Gasteiger partial charge on any atom is 0.472 e. The molecule has 0 rings (SSSR count). The van der Waals surface area contributed by atoms with Crippen LogP contribution in [-0.4, -0.2) is 74.3 Å². The van der Waals surface area contributed by atoms with Crippen LogP contribution >= 0.6 is 7.82 Å².